The molecule has 0 atom stereocenters. The second-order valence-corrected chi connectivity index (χ2v) is 7.75. The van der Waals surface area contributed by atoms with E-state index >= 15 is 0 Å². The lowest BCUT2D eigenvalue weighted by Gasteiger charge is -2.34. The summed E-state index contributed by atoms with van der Waals surface area (Å²) in [7, 11) is 0. The number of benzene rings is 2. The van der Waals surface area contributed by atoms with E-state index in [2.05, 4.69) is 0 Å². The molecule has 144 valence electrons. The standard InChI is InChI=1S/C21H22F3NOS/c22-21(23,24)16-11-13-19(14-12-16)27-15-20(26)25(17-7-3-1-4-8-17)18-9-5-2-6-10-18/h1,3-4,7-8,11-14,18H,2,5-6,9-10,15H2. The van der Waals surface area contributed by atoms with Gasteiger partial charge in [0.1, 0.15) is 0 Å². The van der Waals surface area contributed by atoms with Gasteiger partial charge >= 0.3 is 6.18 Å². The zero-order chi connectivity index (χ0) is 19.3. The summed E-state index contributed by atoms with van der Waals surface area (Å²) in [4.78, 5) is 15.5. The first-order chi connectivity index (χ1) is 12.9. The van der Waals surface area contributed by atoms with Crippen molar-refractivity contribution in [3.05, 3.63) is 60.2 Å². The average molecular weight is 393 g/mol. The van der Waals surface area contributed by atoms with Crippen LogP contribution in [-0.2, 0) is 11.0 Å². The summed E-state index contributed by atoms with van der Waals surface area (Å²) in [6.07, 6.45) is 1.08. The van der Waals surface area contributed by atoms with Crippen molar-refractivity contribution in [2.45, 2.75) is 49.2 Å². The number of hydrogen-bond acceptors (Lipinski definition) is 2. The predicted octanol–water partition coefficient (Wildman–Crippen LogP) is 6.16. The van der Waals surface area contributed by atoms with Crippen LogP contribution in [0.2, 0.25) is 0 Å². The Kier molecular flexibility index (Phi) is 6.47. The molecule has 1 amide bonds. The molecule has 6 heteroatoms. The Hall–Kier alpha value is -1.95. The molecular weight excluding hydrogens is 371 g/mol. The van der Waals surface area contributed by atoms with Crippen LogP contribution in [0.3, 0.4) is 0 Å². The maximum Gasteiger partial charge on any atom is 0.416 e. The molecule has 0 aromatic heterocycles. The number of para-hydroxylation sites is 1. The Morgan fingerprint density at radius 3 is 2.19 bits per heavy atom. The first-order valence-corrected chi connectivity index (χ1v) is 10.1. The van der Waals surface area contributed by atoms with Crippen LogP contribution in [0.25, 0.3) is 0 Å². The SMILES string of the molecule is O=C(CSc1ccc(C(F)(F)F)cc1)N(c1ccccc1)C1CCCCC1. The molecule has 1 fully saturated rings. The summed E-state index contributed by atoms with van der Waals surface area (Å²) >= 11 is 1.28. The third kappa shape index (κ3) is 5.28. The zero-order valence-corrected chi connectivity index (χ0v) is 15.7. The van der Waals surface area contributed by atoms with Gasteiger partial charge in [-0.25, -0.2) is 0 Å². The molecule has 0 unspecified atom stereocenters. The summed E-state index contributed by atoms with van der Waals surface area (Å²) in [6.45, 7) is 0. The number of amides is 1. The minimum atomic E-state index is -4.34. The lowest BCUT2D eigenvalue weighted by atomic mass is 9.93. The van der Waals surface area contributed by atoms with Crippen LogP contribution >= 0.6 is 11.8 Å². The first-order valence-electron chi connectivity index (χ1n) is 9.12. The molecule has 1 saturated carbocycles. The van der Waals surface area contributed by atoms with E-state index in [1.807, 2.05) is 35.2 Å². The molecule has 2 nitrogen and oxygen atoms in total. The Morgan fingerprint density at radius 1 is 0.963 bits per heavy atom. The average Bonchev–Trinajstić information content (AvgIpc) is 2.68. The van der Waals surface area contributed by atoms with Crippen LogP contribution in [0.5, 0.6) is 0 Å². The minimum Gasteiger partial charge on any atom is -0.309 e. The van der Waals surface area contributed by atoms with Crippen molar-refractivity contribution in [1.82, 2.24) is 0 Å². The second-order valence-electron chi connectivity index (χ2n) is 6.70. The van der Waals surface area contributed by atoms with Crippen LogP contribution in [-0.4, -0.2) is 17.7 Å². The molecule has 27 heavy (non-hydrogen) atoms. The van der Waals surface area contributed by atoms with Crippen LogP contribution in [0.4, 0.5) is 18.9 Å². The molecule has 0 aliphatic heterocycles. The molecule has 0 spiro atoms. The minimum absolute atomic E-state index is 0.00185. The van der Waals surface area contributed by atoms with Gasteiger partial charge in [-0.05, 0) is 49.2 Å². The fourth-order valence-corrected chi connectivity index (χ4v) is 4.20. The van der Waals surface area contributed by atoms with E-state index in [0.717, 1.165) is 43.5 Å². The summed E-state index contributed by atoms with van der Waals surface area (Å²) < 4.78 is 38.0. The molecule has 0 saturated heterocycles. The van der Waals surface area contributed by atoms with Crippen LogP contribution < -0.4 is 4.90 Å². The van der Waals surface area contributed by atoms with E-state index < -0.39 is 11.7 Å². The van der Waals surface area contributed by atoms with Crippen LogP contribution in [0.15, 0.2) is 59.5 Å². The number of rotatable bonds is 5. The van der Waals surface area contributed by atoms with E-state index in [1.165, 1.54) is 30.3 Å². The number of hydrogen-bond donors (Lipinski definition) is 0. The maximum atomic E-state index is 13.0. The smallest absolute Gasteiger partial charge is 0.309 e. The predicted molar refractivity (Wildman–Crippen MR) is 103 cm³/mol. The lowest BCUT2D eigenvalue weighted by molar-refractivity contribution is -0.137. The number of halogens is 3. The summed E-state index contributed by atoms with van der Waals surface area (Å²) in [6, 6.07) is 14.8. The number of thioether (sulfide) groups is 1. The summed E-state index contributed by atoms with van der Waals surface area (Å²) in [5.74, 6) is 0.203. The Balaban J connectivity index is 1.69. The second kappa shape index (κ2) is 8.83. The third-order valence-electron chi connectivity index (χ3n) is 4.79. The normalized spacial score (nSPS) is 15.5. The molecule has 1 aliphatic rings. The van der Waals surface area contributed by atoms with Crippen molar-refractivity contribution in [2.75, 3.05) is 10.7 Å². The highest BCUT2D eigenvalue weighted by atomic mass is 32.2. The van der Waals surface area contributed by atoms with Gasteiger partial charge in [-0.3, -0.25) is 4.79 Å². The molecule has 0 bridgehead atoms. The van der Waals surface area contributed by atoms with Gasteiger partial charge in [-0.2, -0.15) is 13.2 Å². The highest BCUT2D eigenvalue weighted by molar-refractivity contribution is 8.00. The van der Waals surface area contributed by atoms with Crippen molar-refractivity contribution < 1.29 is 18.0 Å². The number of alkyl halides is 3. The molecule has 0 heterocycles. The largest absolute Gasteiger partial charge is 0.416 e. The van der Waals surface area contributed by atoms with Crippen molar-refractivity contribution in [3.63, 3.8) is 0 Å². The summed E-state index contributed by atoms with van der Waals surface area (Å²) in [5.41, 5.74) is 0.216. The third-order valence-corrected chi connectivity index (χ3v) is 5.78. The van der Waals surface area contributed by atoms with Gasteiger partial charge < -0.3 is 4.90 Å². The van der Waals surface area contributed by atoms with Crippen molar-refractivity contribution >= 4 is 23.4 Å². The van der Waals surface area contributed by atoms with Gasteiger partial charge in [-0.15, -0.1) is 11.8 Å². The van der Waals surface area contributed by atoms with Gasteiger partial charge in [0.2, 0.25) is 5.91 Å². The van der Waals surface area contributed by atoms with Crippen molar-refractivity contribution in [2.24, 2.45) is 0 Å². The molecule has 2 aromatic rings. The zero-order valence-electron chi connectivity index (χ0n) is 14.9. The van der Waals surface area contributed by atoms with E-state index in [4.69, 9.17) is 0 Å². The number of nitrogens with zero attached hydrogens (tertiary/aromatic N) is 1. The number of carbonyl (C=O) groups excluding carboxylic acids is 1. The fourth-order valence-electron chi connectivity index (χ4n) is 3.44. The molecular formula is C21H22F3NOS. The quantitative estimate of drug-likeness (QED) is 0.567. The number of anilines is 1. The van der Waals surface area contributed by atoms with Crippen molar-refractivity contribution in [1.29, 1.82) is 0 Å². The summed E-state index contributed by atoms with van der Waals surface area (Å²) in [5, 5.41) is 0. The Labute approximate surface area is 161 Å². The van der Waals surface area contributed by atoms with Crippen LogP contribution in [0.1, 0.15) is 37.7 Å². The molecule has 2 aromatic carbocycles. The van der Waals surface area contributed by atoms with E-state index in [-0.39, 0.29) is 17.7 Å². The first kappa shape index (κ1) is 19.8. The Bertz CT molecular complexity index is 740. The molecule has 0 N–H and O–H groups in total. The molecule has 1 aliphatic carbocycles. The van der Waals surface area contributed by atoms with E-state index in [1.54, 1.807) is 0 Å². The van der Waals surface area contributed by atoms with Gasteiger partial charge in [0.25, 0.3) is 0 Å². The topological polar surface area (TPSA) is 20.3 Å². The van der Waals surface area contributed by atoms with E-state index in [0.29, 0.717) is 4.90 Å². The van der Waals surface area contributed by atoms with E-state index in [9.17, 15) is 18.0 Å². The fraction of sp³-hybridized carbons (Fsp3) is 0.381. The lowest BCUT2D eigenvalue weighted by Crippen LogP contribution is -2.42. The molecule has 0 radical (unpaired) electrons. The van der Waals surface area contributed by atoms with Gasteiger partial charge in [0, 0.05) is 16.6 Å². The van der Waals surface area contributed by atoms with Gasteiger partial charge in [-0.1, -0.05) is 37.5 Å². The van der Waals surface area contributed by atoms with Crippen LogP contribution in [0, 0.1) is 0 Å². The van der Waals surface area contributed by atoms with Crippen molar-refractivity contribution in [3.8, 4) is 0 Å². The monoisotopic (exact) mass is 393 g/mol. The van der Waals surface area contributed by atoms with Gasteiger partial charge in [0.15, 0.2) is 0 Å². The molecule has 3 rings (SSSR count). The Morgan fingerprint density at radius 2 is 1.59 bits per heavy atom. The number of carbonyl (C=O) groups is 1. The maximum absolute atomic E-state index is 13.0. The highest BCUT2D eigenvalue weighted by Gasteiger charge is 2.30. The highest BCUT2D eigenvalue weighted by Crippen LogP contribution is 2.32. The van der Waals surface area contributed by atoms with Gasteiger partial charge in [0.05, 0.1) is 11.3 Å².